The molecular formula is C9H21NSi. The van der Waals surface area contributed by atoms with Gasteiger partial charge in [-0.2, -0.15) is 0 Å². The van der Waals surface area contributed by atoms with E-state index in [2.05, 4.69) is 24.2 Å². The zero-order valence-electron chi connectivity index (χ0n) is 8.19. The van der Waals surface area contributed by atoms with Crippen molar-refractivity contribution in [3.8, 4) is 0 Å². The molecule has 1 rings (SSSR count). The molecule has 0 unspecified atom stereocenters. The van der Waals surface area contributed by atoms with Crippen molar-refractivity contribution in [1.82, 2.24) is 4.57 Å². The van der Waals surface area contributed by atoms with Gasteiger partial charge in [-0.05, 0) is 25.9 Å². The van der Waals surface area contributed by atoms with Crippen molar-refractivity contribution in [1.29, 1.82) is 0 Å². The summed E-state index contributed by atoms with van der Waals surface area (Å²) in [5, 5.41) is 0. The molecule has 0 atom stereocenters. The molecule has 0 amide bonds. The summed E-state index contributed by atoms with van der Waals surface area (Å²) in [5.74, 6) is 0. The molecule has 1 fully saturated rings. The molecule has 0 aromatic heterocycles. The predicted octanol–water partition coefficient (Wildman–Crippen LogP) is 2.70. The molecule has 66 valence electrons. The fourth-order valence-corrected chi connectivity index (χ4v) is 3.40. The maximum absolute atomic E-state index is 2.75. The highest BCUT2D eigenvalue weighted by molar-refractivity contribution is 6.73. The normalized spacial score (nSPS) is 23.2. The third-order valence-electron chi connectivity index (χ3n) is 2.55. The predicted molar refractivity (Wildman–Crippen MR) is 53.4 cm³/mol. The van der Waals surface area contributed by atoms with E-state index in [0.29, 0.717) is 0 Å². The van der Waals surface area contributed by atoms with Crippen molar-refractivity contribution >= 4 is 8.24 Å². The third-order valence-corrected chi connectivity index (χ3v) is 4.90. The van der Waals surface area contributed by atoms with Crippen LogP contribution in [-0.4, -0.2) is 25.9 Å². The zero-order chi connectivity index (χ0) is 8.32. The van der Waals surface area contributed by atoms with Crippen LogP contribution in [0.5, 0.6) is 0 Å². The summed E-state index contributed by atoms with van der Waals surface area (Å²) in [4.78, 5) is 0. The Balaban J connectivity index is 2.43. The van der Waals surface area contributed by atoms with Crippen molar-refractivity contribution in [3.63, 3.8) is 0 Å². The van der Waals surface area contributed by atoms with Crippen molar-refractivity contribution < 1.29 is 0 Å². The maximum Gasteiger partial charge on any atom is 0.119 e. The Morgan fingerprint density at radius 1 is 0.818 bits per heavy atom. The summed E-state index contributed by atoms with van der Waals surface area (Å²) in [6, 6.07) is 0. The van der Waals surface area contributed by atoms with Gasteiger partial charge < -0.3 is 4.57 Å². The van der Waals surface area contributed by atoms with Gasteiger partial charge in [0.2, 0.25) is 0 Å². The van der Waals surface area contributed by atoms with E-state index < -0.39 is 8.24 Å². The number of hydrogen-bond acceptors (Lipinski definition) is 1. The Bertz CT molecular complexity index is 109. The molecule has 0 bridgehead atoms. The molecule has 0 spiro atoms. The van der Waals surface area contributed by atoms with E-state index in [-0.39, 0.29) is 0 Å². The van der Waals surface area contributed by atoms with Crippen LogP contribution in [0.1, 0.15) is 25.7 Å². The van der Waals surface area contributed by atoms with Gasteiger partial charge in [0.25, 0.3) is 0 Å². The lowest BCUT2D eigenvalue weighted by Crippen LogP contribution is -2.46. The second-order valence-corrected chi connectivity index (χ2v) is 9.55. The van der Waals surface area contributed by atoms with Gasteiger partial charge >= 0.3 is 0 Å². The lowest BCUT2D eigenvalue weighted by atomic mass is 10.2. The molecule has 1 aliphatic rings. The van der Waals surface area contributed by atoms with E-state index in [4.69, 9.17) is 0 Å². The Morgan fingerprint density at radius 2 is 1.27 bits per heavy atom. The lowest BCUT2D eigenvalue weighted by Gasteiger charge is -2.32. The van der Waals surface area contributed by atoms with Crippen LogP contribution in [0.15, 0.2) is 0 Å². The van der Waals surface area contributed by atoms with E-state index in [1.165, 1.54) is 38.8 Å². The molecule has 0 radical (unpaired) electrons. The van der Waals surface area contributed by atoms with E-state index in [1.54, 1.807) is 0 Å². The van der Waals surface area contributed by atoms with Crippen LogP contribution in [0.4, 0.5) is 0 Å². The van der Waals surface area contributed by atoms with E-state index in [0.717, 1.165) is 0 Å². The summed E-state index contributed by atoms with van der Waals surface area (Å²) >= 11 is 0. The fraction of sp³-hybridized carbons (Fsp3) is 1.00. The van der Waals surface area contributed by atoms with Crippen molar-refractivity contribution in [2.45, 2.75) is 45.3 Å². The van der Waals surface area contributed by atoms with Gasteiger partial charge in [-0.25, -0.2) is 0 Å². The quantitative estimate of drug-likeness (QED) is 0.548. The molecule has 0 aliphatic carbocycles. The average Bonchev–Trinajstić information content (AvgIpc) is 2.10. The number of rotatable bonds is 1. The van der Waals surface area contributed by atoms with E-state index in [1.807, 2.05) is 0 Å². The van der Waals surface area contributed by atoms with Crippen LogP contribution in [0.25, 0.3) is 0 Å². The fourth-order valence-electron chi connectivity index (χ4n) is 1.74. The smallest absolute Gasteiger partial charge is 0.119 e. The lowest BCUT2D eigenvalue weighted by molar-refractivity contribution is 0.439. The minimum atomic E-state index is -0.955. The molecule has 11 heavy (non-hydrogen) atoms. The second kappa shape index (κ2) is 3.72. The molecule has 0 N–H and O–H groups in total. The zero-order valence-corrected chi connectivity index (χ0v) is 9.19. The molecule has 0 saturated carbocycles. The third kappa shape index (κ3) is 2.95. The van der Waals surface area contributed by atoms with Crippen molar-refractivity contribution in [3.05, 3.63) is 0 Å². The molecular weight excluding hydrogens is 150 g/mol. The minimum absolute atomic E-state index is 0.955. The Morgan fingerprint density at radius 3 is 1.64 bits per heavy atom. The average molecular weight is 171 g/mol. The highest BCUT2D eigenvalue weighted by Crippen LogP contribution is 2.16. The van der Waals surface area contributed by atoms with Crippen LogP contribution in [-0.2, 0) is 0 Å². The molecule has 0 aromatic rings. The van der Waals surface area contributed by atoms with E-state index in [9.17, 15) is 0 Å². The Labute approximate surface area is 71.9 Å². The summed E-state index contributed by atoms with van der Waals surface area (Å²) in [7, 11) is -0.955. The highest BCUT2D eigenvalue weighted by atomic mass is 28.3. The Kier molecular flexibility index (Phi) is 3.13. The number of nitrogens with zero attached hydrogens (tertiary/aromatic N) is 1. The molecule has 1 saturated heterocycles. The largest absolute Gasteiger partial charge is 0.324 e. The van der Waals surface area contributed by atoms with Gasteiger partial charge in [0, 0.05) is 0 Å². The van der Waals surface area contributed by atoms with Crippen LogP contribution in [0, 0.1) is 0 Å². The molecule has 1 nitrogen and oxygen atoms in total. The van der Waals surface area contributed by atoms with Gasteiger partial charge in [-0.3, -0.25) is 0 Å². The van der Waals surface area contributed by atoms with Crippen LogP contribution < -0.4 is 0 Å². The van der Waals surface area contributed by atoms with Gasteiger partial charge in [-0.15, -0.1) is 0 Å². The van der Waals surface area contributed by atoms with Gasteiger partial charge in [0.15, 0.2) is 0 Å². The van der Waals surface area contributed by atoms with Gasteiger partial charge in [0.1, 0.15) is 8.24 Å². The second-order valence-electron chi connectivity index (χ2n) is 4.57. The van der Waals surface area contributed by atoms with Crippen molar-refractivity contribution in [2.24, 2.45) is 0 Å². The molecule has 0 aromatic carbocycles. The number of hydrogen-bond donors (Lipinski definition) is 0. The highest BCUT2D eigenvalue weighted by Gasteiger charge is 2.23. The van der Waals surface area contributed by atoms with E-state index >= 15 is 0 Å². The topological polar surface area (TPSA) is 3.24 Å². The summed E-state index contributed by atoms with van der Waals surface area (Å²) in [5.41, 5.74) is 0. The summed E-state index contributed by atoms with van der Waals surface area (Å²) in [6.07, 6.45) is 5.79. The first-order valence-electron chi connectivity index (χ1n) is 4.86. The monoisotopic (exact) mass is 171 g/mol. The summed E-state index contributed by atoms with van der Waals surface area (Å²) in [6.45, 7) is 10.1. The standard InChI is InChI=1S/C9H21NSi/c1-11(2,3)10-8-6-4-5-7-9-10/h4-9H2,1-3H3. The van der Waals surface area contributed by atoms with Gasteiger partial charge in [0.05, 0.1) is 0 Å². The minimum Gasteiger partial charge on any atom is -0.324 e. The molecule has 1 aliphatic heterocycles. The van der Waals surface area contributed by atoms with Crippen LogP contribution in [0.2, 0.25) is 19.6 Å². The molecule has 1 heterocycles. The first-order chi connectivity index (χ1) is 5.11. The van der Waals surface area contributed by atoms with Gasteiger partial charge in [-0.1, -0.05) is 32.5 Å². The SMILES string of the molecule is C[Si](C)(C)N1CCCCCC1. The Hall–Kier alpha value is 0.177. The molecule has 2 heteroatoms. The van der Waals surface area contributed by atoms with Crippen LogP contribution in [0.3, 0.4) is 0 Å². The van der Waals surface area contributed by atoms with Crippen LogP contribution >= 0.6 is 0 Å². The maximum atomic E-state index is 2.75. The first-order valence-corrected chi connectivity index (χ1v) is 8.30. The first kappa shape index (κ1) is 9.27. The van der Waals surface area contributed by atoms with Crippen molar-refractivity contribution in [2.75, 3.05) is 13.1 Å². The summed E-state index contributed by atoms with van der Waals surface area (Å²) < 4.78 is 2.75.